The van der Waals surface area contributed by atoms with Crippen LogP contribution in [0.1, 0.15) is 45.6 Å². The number of carbonyl (C=O) groups is 1. The summed E-state index contributed by atoms with van der Waals surface area (Å²) in [5, 5.41) is 13.5. The van der Waals surface area contributed by atoms with Gasteiger partial charge in [-0.25, -0.2) is 4.99 Å². The number of hydrogen-bond donors (Lipinski definition) is 3. The highest BCUT2D eigenvalue weighted by Crippen LogP contribution is 2.24. The lowest BCUT2D eigenvalue weighted by atomic mass is 10.1. The monoisotopic (exact) mass is 441 g/mol. The predicted octanol–water partition coefficient (Wildman–Crippen LogP) is 4.46. The molecule has 1 amide bonds. The van der Waals surface area contributed by atoms with Gasteiger partial charge in [-0.15, -0.1) is 11.3 Å². The van der Waals surface area contributed by atoms with E-state index in [4.69, 9.17) is 4.99 Å². The van der Waals surface area contributed by atoms with Crippen molar-refractivity contribution in [1.82, 2.24) is 10.6 Å². The van der Waals surface area contributed by atoms with Gasteiger partial charge in [-0.1, -0.05) is 26.0 Å². The average molecular weight is 442 g/mol. The zero-order chi connectivity index (χ0) is 22.1. The molecule has 0 bridgehead atoms. The minimum Gasteiger partial charge on any atom is -0.363 e. The fourth-order valence-corrected chi connectivity index (χ4v) is 4.36. The summed E-state index contributed by atoms with van der Waals surface area (Å²) in [6.07, 6.45) is 3.03. The summed E-state index contributed by atoms with van der Waals surface area (Å²) in [4.78, 5) is 19.4. The second kappa shape index (κ2) is 11.7. The van der Waals surface area contributed by atoms with Gasteiger partial charge in [-0.2, -0.15) is 0 Å². The smallest absolute Gasteiger partial charge is 0.227 e. The van der Waals surface area contributed by atoms with Crippen molar-refractivity contribution in [3.05, 3.63) is 47.3 Å². The van der Waals surface area contributed by atoms with Crippen molar-refractivity contribution >= 4 is 33.9 Å². The van der Waals surface area contributed by atoms with Crippen LogP contribution in [0.15, 0.2) is 46.8 Å². The van der Waals surface area contributed by atoms with Crippen LogP contribution in [0.2, 0.25) is 0 Å². The number of aliphatic imine (C=N–C) groups is 1. The number of anilines is 2. The van der Waals surface area contributed by atoms with Gasteiger partial charge in [0.2, 0.25) is 5.91 Å². The molecule has 7 heteroatoms. The molecule has 3 rings (SSSR count). The molecule has 0 radical (unpaired) electrons. The zero-order valence-electron chi connectivity index (χ0n) is 18.9. The van der Waals surface area contributed by atoms with Crippen molar-refractivity contribution in [2.75, 3.05) is 29.9 Å². The molecule has 1 aliphatic heterocycles. The Labute approximate surface area is 190 Å². The van der Waals surface area contributed by atoms with Crippen molar-refractivity contribution in [2.24, 2.45) is 10.9 Å². The van der Waals surface area contributed by atoms with Crippen LogP contribution in [-0.2, 0) is 11.3 Å². The summed E-state index contributed by atoms with van der Waals surface area (Å²) in [5.74, 6) is 0.927. The molecule has 1 fully saturated rings. The van der Waals surface area contributed by atoms with Gasteiger partial charge in [0.15, 0.2) is 5.96 Å². The lowest BCUT2D eigenvalue weighted by molar-refractivity contribution is -0.119. The molecule has 1 aliphatic rings. The maximum atomic E-state index is 12.2. The number of rotatable bonds is 8. The molecule has 1 aromatic carbocycles. The molecule has 1 atom stereocenters. The fourth-order valence-electron chi connectivity index (χ4n) is 3.58. The van der Waals surface area contributed by atoms with Crippen LogP contribution in [0.5, 0.6) is 0 Å². The molecule has 1 unspecified atom stereocenters. The maximum Gasteiger partial charge on any atom is 0.227 e. The third-order valence-corrected chi connectivity index (χ3v) is 6.60. The molecule has 0 aliphatic carbocycles. The van der Waals surface area contributed by atoms with Gasteiger partial charge < -0.3 is 20.9 Å². The van der Waals surface area contributed by atoms with Crippen LogP contribution in [0, 0.1) is 5.92 Å². The number of benzene rings is 1. The Bertz CT molecular complexity index is 843. The first-order valence-electron chi connectivity index (χ1n) is 11.3. The number of nitrogens with one attached hydrogen (secondary N) is 3. The number of guanidine groups is 1. The average Bonchev–Trinajstić information content (AvgIpc) is 3.33. The van der Waals surface area contributed by atoms with Gasteiger partial charge >= 0.3 is 0 Å². The predicted molar refractivity (Wildman–Crippen MR) is 132 cm³/mol. The van der Waals surface area contributed by atoms with E-state index in [-0.39, 0.29) is 11.8 Å². The normalized spacial score (nSPS) is 16.1. The molecule has 0 spiro atoms. The highest BCUT2D eigenvalue weighted by Gasteiger charge is 2.20. The minimum atomic E-state index is 0.0115. The number of amides is 1. The topological polar surface area (TPSA) is 68.8 Å². The van der Waals surface area contributed by atoms with Crippen LogP contribution in [0.25, 0.3) is 0 Å². The van der Waals surface area contributed by atoms with Crippen LogP contribution >= 0.6 is 11.3 Å². The van der Waals surface area contributed by atoms with Gasteiger partial charge in [0.05, 0.1) is 11.5 Å². The van der Waals surface area contributed by atoms with E-state index in [1.165, 1.54) is 5.00 Å². The Kier molecular flexibility index (Phi) is 8.76. The lowest BCUT2D eigenvalue weighted by Crippen LogP contribution is -2.48. The summed E-state index contributed by atoms with van der Waals surface area (Å²) in [6, 6.07) is 12.7. The summed E-state index contributed by atoms with van der Waals surface area (Å²) in [5.41, 5.74) is 1.91. The Morgan fingerprint density at radius 1 is 1.23 bits per heavy atom. The van der Waals surface area contributed by atoms with Gasteiger partial charge in [0, 0.05) is 37.3 Å². The van der Waals surface area contributed by atoms with Crippen molar-refractivity contribution in [3.63, 3.8) is 0 Å². The maximum absolute atomic E-state index is 12.2. The van der Waals surface area contributed by atoms with Crippen molar-refractivity contribution in [1.29, 1.82) is 0 Å². The SMILES string of the molecule is CCNC(=NCc1cccc(NC(=O)C(C)CC)c1)NC1CCN(c2cccs2)CC1. The first-order chi connectivity index (χ1) is 15.1. The van der Waals surface area contributed by atoms with Crippen molar-refractivity contribution in [2.45, 2.75) is 52.6 Å². The molecule has 0 saturated carbocycles. The fraction of sp³-hybridized carbons (Fsp3) is 0.500. The van der Waals surface area contributed by atoms with E-state index in [2.05, 4.69) is 45.3 Å². The zero-order valence-corrected chi connectivity index (χ0v) is 19.7. The Hall–Kier alpha value is -2.54. The van der Waals surface area contributed by atoms with Gasteiger partial charge in [0.1, 0.15) is 0 Å². The first-order valence-corrected chi connectivity index (χ1v) is 12.2. The van der Waals surface area contributed by atoms with E-state index >= 15 is 0 Å². The number of hydrogen-bond acceptors (Lipinski definition) is 4. The highest BCUT2D eigenvalue weighted by molar-refractivity contribution is 7.14. The molecule has 1 saturated heterocycles. The summed E-state index contributed by atoms with van der Waals surface area (Å²) in [7, 11) is 0. The number of piperidine rings is 1. The molecular weight excluding hydrogens is 406 g/mol. The standard InChI is InChI=1S/C24H35N5OS/c1-4-18(3)23(30)27-21-9-6-8-19(16-21)17-26-24(25-5-2)28-20-11-13-29(14-12-20)22-10-7-15-31-22/h6-10,15-16,18,20H,4-5,11-14,17H2,1-3H3,(H,27,30)(H2,25,26,28). The van der Waals surface area contributed by atoms with E-state index in [1.807, 2.05) is 49.4 Å². The van der Waals surface area contributed by atoms with E-state index in [1.54, 1.807) is 0 Å². The highest BCUT2D eigenvalue weighted by atomic mass is 32.1. The molecule has 1 aromatic heterocycles. The third-order valence-electron chi connectivity index (χ3n) is 5.67. The summed E-state index contributed by atoms with van der Waals surface area (Å²) >= 11 is 1.81. The lowest BCUT2D eigenvalue weighted by Gasteiger charge is -2.33. The number of nitrogens with zero attached hydrogens (tertiary/aromatic N) is 2. The molecule has 168 valence electrons. The van der Waals surface area contributed by atoms with Crippen LogP contribution < -0.4 is 20.9 Å². The molecule has 31 heavy (non-hydrogen) atoms. The van der Waals surface area contributed by atoms with Crippen LogP contribution in [-0.4, -0.2) is 37.5 Å². The van der Waals surface area contributed by atoms with Crippen LogP contribution in [0.4, 0.5) is 10.7 Å². The minimum absolute atomic E-state index is 0.0115. The van der Waals surface area contributed by atoms with Crippen molar-refractivity contribution < 1.29 is 4.79 Å². The van der Waals surface area contributed by atoms with Crippen LogP contribution in [0.3, 0.4) is 0 Å². The quantitative estimate of drug-likeness (QED) is 0.418. The number of carbonyl (C=O) groups excluding carboxylic acids is 1. The second-order valence-electron chi connectivity index (χ2n) is 8.05. The molecule has 2 heterocycles. The molecular formula is C24H35N5OS. The van der Waals surface area contributed by atoms with E-state index < -0.39 is 0 Å². The molecule has 2 aromatic rings. The summed E-state index contributed by atoms with van der Waals surface area (Å²) in [6.45, 7) is 9.58. The Morgan fingerprint density at radius 3 is 2.71 bits per heavy atom. The van der Waals surface area contributed by atoms with Crippen molar-refractivity contribution in [3.8, 4) is 0 Å². The van der Waals surface area contributed by atoms with E-state index in [0.717, 1.165) is 56.1 Å². The van der Waals surface area contributed by atoms with E-state index in [0.29, 0.717) is 12.6 Å². The van der Waals surface area contributed by atoms with Gasteiger partial charge in [0.25, 0.3) is 0 Å². The number of thiophene rings is 1. The largest absolute Gasteiger partial charge is 0.363 e. The second-order valence-corrected chi connectivity index (χ2v) is 8.98. The summed E-state index contributed by atoms with van der Waals surface area (Å²) < 4.78 is 0. The Morgan fingerprint density at radius 2 is 2.03 bits per heavy atom. The Balaban J connectivity index is 1.55. The van der Waals surface area contributed by atoms with Gasteiger partial charge in [-0.05, 0) is 61.4 Å². The molecule has 6 nitrogen and oxygen atoms in total. The third kappa shape index (κ3) is 6.99. The van der Waals surface area contributed by atoms with E-state index in [9.17, 15) is 4.79 Å². The first kappa shape index (κ1) is 23.1. The molecule has 3 N–H and O–H groups in total. The van der Waals surface area contributed by atoms with Gasteiger partial charge in [-0.3, -0.25) is 4.79 Å².